The van der Waals surface area contributed by atoms with Crippen LogP contribution >= 0.6 is 11.8 Å². The molecule has 0 radical (unpaired) electrons. The third-order valence-corrected chi connectivity index (χ3v) is 3.67. The first-order valence-electron chi connectivity index (χ1n) is 6.13. The van der Waals surface area contributed by atoms with E-state index in [-0.39, 0.29) is 5.56 Å². The highest BCUT2D eigenvalue weighted by molar-refractivity contribution is 7.98. The Hall–Kier alpha value is -2.54. The smallest absolute Gasteiger partial charge is 0.268 e. The number of nitrogen functional groups attached to an aromatic ring is 1. The number of ether oxygens (including phenoxy) is 1. The molecule has 0 atom stereocenters. The molecule has 3 N–H and O–H groups in total. The lowest BCUT2D eigenvalue weighted by atomic mass is 10.3. The monoisotopic (exact) mass is 300 g/mol. The fourth-order valence-electron chi connectivity index (χ4n) is 1.89. The predicted octanol–water partition coefficient (Wildman–Crippen LogP) is 2.41. The molecule has 7 heteroatoms. The van der Waals surface area contributed by atoms with Crippen LogP contribution in [0.25, 0.3) is 11.2 Å². The lowest BCUT2D eigenvalue weighted by molar-refractivity contribution is 0.485. The Balaban J connectivity index is 2.04. The van der Waals surface area contributed by atoms with E-state index < -0.39 is 0 Å². The van der Waals surface area contributed by atoms with Crippen LogP contribution in [0, 0.1) is 0 Å². The van der Waals surface area contributed by atoms with Gasteiger partial charge in [0, 0.05) is 22.8 Å². The Bertz CT molecular complexity index is 863. The molecule has 0 amide bonds. The van der Waals surface area contributed by atoms with Crippen molar-refractivity contribution in [2.45, 2.75) is 4.90 Å². The number of anilines is 1. The highest BCUT2D eigenvalue weighted by Crippen LogP contribution is 2.31. The van der Waals surface area contributed by atoms with Crippen LogP contribution in [0.3, 0.4) is 0 Å². The molecular weight excluding hydrogens is 288 g/mol. The highest BCUT2D eigenvalue weighted by Gasteiger charge is 2.08. The first-order valence-corrected chi connectivity index (χ1v) is 7.35. The maximum Gasteiger partial charge on any atom is 0.268 e. The van der Waals surface area contributed by atoms with Gasteiger partial charge in [0.1, 0.15) is 11.3 Å². The number of hydrogen-bond donors (Lipinski definition) is 2. The van der Waals surface area contributed by atoms with Gasteiger partial charge in [0.05, 0.1) is 6.20 Å². The standard InChI is InChI=1S/C14H12N4O2S/c1-21-11-6-8(2-3-9(11)15)20-10-4-5-16-14-13(10)17-7-12(19)18-14/h2-7H,15H2,1H3,(H,16,18,19). The Kier molecular flexibility index (Phi) is 3.49. The molecule has 2 heterocycles. The van der Waals surface area contributed by atoms with Gasteiger partial charge in [-0.25, -0.2) is 9.97 Å². The molecule has 0 fully saturated rings. The second-order valence-electron chi connectivity index (χ2n) is 4.26. The molecule has 21 heavy (non-hydrogen) atoms. The number of pyridine rings is 1. The number of rotatable bonds is 3. The summed E-state index contributed by atoms with van der Waals surface area (Å²) in [5.74, 6) is 1.17. The second kappa shape index (κ2) is 5.45. The van der Waals surface area contributed by atoms with Crippen molar-refractivity contribution >= 4 is 28.6 Å². The lowest BCUT2D eigenvalue weighted by Gasteiger charge is -2.09. The van der Waals surface area contributed by atoms with Crippen LogP contribution in [-0.4, -0.2) is 21.2 Å². The van der Waals surface area contributed by atoms with Gasteiger partial charge in [0.15, 0.2) is 11.4 Å². The van der Waals surface area contributed by atoms with E-state index in [4.69, 9.17) is 10.5 Å². The molecule has 3 rings (SSSR count). The van der Waals surface area contributed by atoms with Crippen LogP contribution in [0.2, 0.25) is 0 Å². The fraction of sp³-hybridized carbons (Fsp3) is 0.0714. The zero-order valence-electron chi connectivity index (χ0n) is 11.2. The van der Waals surface area contributed by atoms with Gasteiger partial charge in [0.2, 0.25) is 0 Å². The van der Waals surface area contributed by atoms with Gasteiger partial charge in [0.25, 0.3) is 5.56 Å². The van der Waals surface area contributed by atoms with E-state index in [2.05, 4.69) is 15.0 Å². The van der Waals surface area contributed by atoms with E-state index in [1.807, 2.05) is 12.3 Å². The Morgan fingerprint density at radius 3 is 2.95 bits per heavy atom. The molecule has 0 aliphatic rings. The molecule has 1 aromatic carbocycles. The van der Waals surface area contributed by atoms with Crippen LogP contribution in [0.1, 0.15) is 0 Å². The second-order valence-corrected chi connectivity index (χ2v) is 5.11. The lowest BCUT2D eigenvalue weighted by Crippen LogP contribution is -2.06. The topological polar surface area (TPSA) is 93.9 Å². The van der Waals surface area contributed by atoms with Crippen LogP contribution in [0.5, 0.6) is 11.5 Å². The first-order chi connectivity index (χ1) is 10.2. The van der Waals surface area contributed by atoms with Gasteiger partial charge in [-0.15, -0.1) is 11.8 Å². The van der Waals surface area contributed by atoms with Crippen LogP contribution in [-0.2, 0) is 0 Å². The molecule has 2 aromatic heterocycles. The Morgan fingerprint density at radius 2 is 2.14 bits per heavy atom. The number of nitrogens with zero attached hydrogens (tertiary/aromatic N) is 2. The quantitative estimate of drug-likeness (QED) is 0.570. The largest absolute Gasteiger partial charge is 0.455 e. The number of thioether (sulfide) groups is 1. The van der Waals surface area contributed by atoms with Crippen LogP contribution in [0.4, 0.5) is 5.69 Å². The van der Waals surface area contributed by atoms with Gasteiger partial charge >= 0.3 is 0 Å². The SMILES string of the molecule is CSc1cc(Oc2ccnc3[nH]c(=O)cnc23)ccc1N. The van der Waals surface area contributed by atoms with E-state index in [1.165, 1.54) is 6.20 Å². The van der Waals surface area contributed by atoms with Crippen molar-refractivity contribution < 1.29 is 4.74 Å². The van der Waals surface area contributed by atoms with E-state index in [9.17, 15) is 4.79 Å². The third kappa shape index (κ3) is 2.68. The van der Waals surface area contributed by atoms with Crippen LogP contribution in [0.15, 0.2) is 46.3 Å². The summed E-state index contributed by atoms with van der Waals surface area (Å²) in [5, 5.41) is 0. The molecule has 0 spiro atoms. The van der Waals surface area contributed by atoms with Crippen molar-refractivity contribution in [1.82, 2.24) is 15.0 Å². The zero-order valence-corrected chi connectivity index (χ0v) is 12.0. The summed E-state index contributed by atoms with van der Waals surface area (Å²) in [6.45, 7) is 0. The summed E-state index contributed by atoms with van der Waals surface area (Å²) in [7, 11) is 0. The number of benzene rings is 1. The number of aromatic nitrogens is 3. The minimum Gasteiger partial charge on any atom is -0.455 e. The molecule has 0 unspecified atom stereocenters. The molecule has 3 aromatic rings. The maximum absolute atomic E-state index is 11.3. The summed E-state index contributed by atoms with van der Waals surface area (Å²) >= 11 is 1.55. The van der Waals surface area contributed by atoms with E-state index in [1.54, 1.807) is 36.2 Å². The Labute approximate surface area is 124 Å². The minimum atomic E-state index is -0.302. The highest BCUT2D eigenvalue weighted by atomic mass is 32.2. The maximum atomic E-state index is 11.3. The van der Waals surface area contributed by atoms with E-state index in [0.717, 1.165) is 4.90 Å². The van der Waals surface area contributed by atoms with Gasteiger partial charge in [-0.05, 0) is 24.5 Å². The first kappa shape index (κ1) is 13.4. The normalized spacial score (nSPS) is 10.7. The molecule has 0 aliphatic heterocycles. The van der Waals surface area contributed by atoms with E-state index in [0.29, 0.717) is 28.4 Å². The zero-order chi connectivity index (χ0) is 14.8. The number of fused-ring (bicyclic) bond motifs is 1. The fourth-order valence-corrected chi connectivity index (χ4v) is 2.43. The van der Waals surface area contributed by atoms with Gasteiger partial charge in [-0.3, -0.25) is 4.79 Å². The molecule has 106 valence electrons. The summed E-state index contributed by atoms with van der Waals surface area (Å²) in [5.41, 5.74) is 7.15. The summed E-state index contributed by atoms with van der Waals surface area (Å²) in [4.78, 5) is 23.0. The molecular formula is C14H12N4O2S. The number of H-pyrrole nitrogens is 1. The minimum absolute atomic E-state index is 0.302. The van der Waals surface area contributed by atoms with Crippen molar-refractivity contribution in [3.8, 4) is 11.5 Å². The van der Waals surface area contributed by atoms with Gasteiger partial charge in [-0.1, -0.05) is 0 Å². The van der Waals surface area contributed by atoms with Crippen molar-refractivity contribution in [3.63, 3.8) is 0 Å². The predicted molar refractivity (Wildman–Crippen MR) is 82.9 cm³/mol. The average Bonchev–Trinajstić information content (AvgIpc) is 2.49. The average molecular weight is 300 g/mol. The van der Waals surface area contributed by atoms with Crippen molar-refractivity contribution in [1.29, 1.82) is 0 Å². The van der Waals surface area contributed by atoms with Crippen molar-refractivity contribution in [3.05, 3.63) is 47.0 Å². The number of hydrogen-bond acceptors (Lipinski definition) is 6. The number of nitrogens with two attached hydrogens (primary N) is 1. The number of nitrogens with one attached hydrogen (secondary N) is 1. The number of aromatic amines is 1. The summed E-state index contributed by atoms with van der Waals surface area (Å²) in [6, 6.07) is 7.13. The molecule has 6 nitrogen and oxygen atoms in total. The summed E-state index contributed by atoms with van der Waals surface area (Å²) in [6.07, 6.45) is 4.71. The molecule has 0 saturated heterocycles. The van der Waals surface area contributed by atoms with Gasteiger partial charge < -0.3 is 15.5 Å². The third-order valence-electron chi connectivity index (χ3n) is 2.87. The van der Waals surface area contributed by atoms with Crippen molar-refractivity contribution in [2.75, 3.05) is 12.0 Å². The van der Waals surface area contributed by atoms with Crippen molar-refractivity contribution in [2.24, 2.45) is 0 Å². The Morgan fingerprint density at radius 1 is 1.29 bits per heavy atom. The molecule has 0 bridgehead atoms. The van der Waals surface area contributed by atoms with Crippen LogP contribution < -0.4 is 16.0 Å². The van der Waals surface area contributed by atoms with E-state index >= 15 is 0 Å². The molecule has 0 aliphatic carbocycles. The van der Waals surface area contributed by atoms with Gasteiger partial charge in [-0.2, -0.15) is 0 Å². The molecule has 0 saturated carbocycles. The summed E-state index contributed by atoms with van der Waals surface area (Å²) < 4.78 is 5.84.